The van der Waals surface area contributed by atoms with Gasteiger partial charge in [-0.2, -0.15) is 0 Å². The minimum atomic E-state index is 0.229. The molecule has 2 aromatic rings. The molecule has 1 saturated carbocycles. The lowest BCUT2D eigenvalue weighted by molar-refractivity contribution is 0.215. The first-order chi connectivity index (χ1) is 9.81. The predicted molar refractivity (Wildman–Crippen MR) is 82.6 cm³/mol. The SMILES string of the molecule is NCC1(CNc2ncc3ccccc3n2)CCCCC1. The first kappa shape index (κ1) is 13.3. The van der Waals surface area contributed by atoms with Crippen molar-refractivity contribution in [1.29, 1.82) is 0 Å². The maximum atomic E-state index is 6.01. The zero-order valence-electron chi connectivity index (χ0n) is 11.8. The highest BCUT2D eigenvalue weighted by molar-refractivity contribution is 5.78. The molecule has 0 amide bonds. The van der Waals surface area contributed by atoms with Gasteiger partial charge in [-0.1, -0.05) is 37.5 Å². The molecule has 3 rings (SSSR count). The molecule has 1 heterocycles. The van der Waals surface area contributed by atoms with Gasteiger partial charge in [0, 0.05) is 18.1 Å². The van der Waals surface area contributed by atoms with Crippen molar-refractivity contribution in [2.75, 3.05) is 18.4 Å². The Morgan fingerprint density at radius 2 is 1.95 bits per heavy atom. The quantitative estimate of drug-likeness (QED) is 0.896. The van der Waals surface area contributed by atoms with Gasteiger partial charge in [0.25, 0.3) is 0 Å². The van der Waals surface area contributed by atoms with Crippen molar-refractivity contribution < 1.29 is 0 Å². The van der Waals surface area contributed by atoms with Gasteiger partial charge in [0.1, 0.15) is 0 Å². The van der Waals surface area contributed by atoms with Gasteiger partial charge in [-0.05, 0) is 30.9 Å². The number of hydrogen-bond donors (Lipinski definition) is 2. The molecule has 3 N–H and O–H groups in total. The van der Waals surface area contributed by atoms with E-state index in [2.05, 4.69) is 15.3 Å². The Labute approximate surface area is 119 Å². The number of hydrogen-bond acceptors (Lipinski definition) is 4. The van der Waals surface area contributed by atoms with Crippen molar-refractivity contribution >= 4 is 16.9 Å². The standard InChI is InChI=1S/C16H22N4/c17-11-16(8-4-1-5-9-16)12-19-15-18-10-13-6-2-3-7-14(13)20-15/h2-3,6-7,10H,1,4-5,8-9,11-12,17H2,(H,18,19,20). The van der Waals surface area contributed by atoms with Crippen LogP contribution in [0, 0.1) is 5.41 Å². The Morgan fingerprint density at radius 1 is 1.15 bits per heavy atom. The fourth-order valence-electron chi connectivity index (χ4n) is 3.08. The van der Waals surface area contributed by atoms with Crippen LogP contribution in [0.2, 0.25) is 0 Å². The van der Waals surface area contributed by atoms with Crippen LogP contribution in [-0.4, -0.2) is 23.1 Å². The predicted octanol–water partition coefficient (Wildman–Crippen LogP) is 2.95. The number of nitrogens with zero attached hydrogens (tertiary/aromatic N) is 2. The third kappa shape index (κ3) is 2.75. The van der Waals surface area contributed by atoms with Crippen LogP contribution >= 0.6 is 0 Å². The number of anilines is 1. The summed E-state index contributed by atoms with van der Waals surface area (Å²) < 4.78 is 0. The average molecular weight is 270 g/mol. The molecular formula is C16H22N4. The van der Waals surface area contributed by atoms with Gasteiger partial charge in [0.05, 0.1) is 5.52 Å². The molecule has 4 heteroatoms. The molecule has 0 saturated heterocycles. The topological polar surface area (TPSA) is 63.8 Å². The number of rotatable bonds is 4. The van der Waals surface area contributed by atoms with Crippen molar-refractivity contribution in [2.24, 2.45) is 11.1 Å². The fourth-order valence-corrected chi connectivity index (χ4v) is 3.08. The number of benzene rings is 1. The largest absolute Gasteiger partial charge is 0.354 e. The third-order valence-corrected chi connectivity index (χ3v) is 4.46. The highest BCUT2D eigenvalue weighted by Crippen LogP contribution is 2.35. The lowest BCUT2D eigenvalue weighted by Gasteiger charge is -2.36. The van der Waals surface area contributed by atoms with Gasteiger partial charge in [0.2, 0.25) is 5.95 Å². The van der Waals surface area contributed by atoms with E-state index in [4.69, 9.17) is 5.73 Å². The molecule has 0 radical (unpaired) electrons. The van der Waals surface area contributed by atoms with Crippen molar-refractivity contribution in [2.45, 2.75) is 32.1 Å². The van der Waals surface area contributed by atoms with Crippen LogP contribution in [-0.2, 0) is 0 Å². The van der Waals surface area contributed by atoms with E-state index in [0.717, 1.165) is 24.0 Å². The summed E-state index contributed by atoms with van der Waals surface area (Å²) in [7, 11) is 0. The summed E-state index contributed by atoms with van der Waals surface area (Å²) in [5.41, 5.74) is 7.22. The summed E-state index contributed by atoms with van der Waals surface area (Å²) in [6.07, 6.45) is 8.22. The van der Waals surface area contributed by atoms with Crippen LogP contribution < -0.4 is 11.1 Å². The highest BCUT2D eigenvalue weighted by atomic mass is 15.1. The van der Waals surface area contributed by atoms with E-state index < -0.39 is 0 Å². The molecule has 1 aliphatic rings. The molecule has 1 aromatic carbocycles. The van der Waals surface area contributed by atoms with Gasteiger partial charge in [-0.3, -0.25) is 0 Å². The zero-order chi connectivity index (χ0) is 13.8. The normalized spacial score (nSPS) is 18.1. The van der Waals surface area contributed by atoms with Gasteiger partial charge in [0.15, 0.2) is 0 Å². The first-order valence-corrected chi connectivity index (χ1v) is 7.47. The second-order valence-electron chi connectivity index (χ2n) is 5.87. The van der Waals surface area contributed by atoms with Crippen molar-refractivity contribution in [3.8, 4) is 0 Å². The molecule has 0 aliphatic heterocycles. The van der Waals surface area contributed by atoms with Crippen molar-refractivity contribution in [3.05, 3.63) is 30.5 Å². The van der Waals surface area contributed by atoms with Crippen LogP contribution in [0.3, 0.4) is 0 Å². The minimum absolute atomic E-state index is 0.229. The van der Waals surface area contributed by atoms with Crippen LogP contribution in [0.15, 0.2) is 30.5 Å². The Kier molecular flexibility index (Phi) is 3.83. The van der Waals surface area contributed by atoms with Gasteiger partial charge < -0.3 is 11.1 Å². The van der Waals surface area contributed by atoms with E-state index in [1.165, 1.54) is 32.1 Å². The minimum Gasteiger partial charge on any atom is -0.354 e. The molecule has 20 heavy (non-hydrogen) atoms. The molecule has 106 valence electrons. The maximum Gasteiger partial charge on any atom is 0.223 e. The van der Waals surface area contributed by atoms with E-state index in [-0.39, 0.29) is 5.41 Å². The summed E-state index contributed by atoms with van der Waals surface area (Å²) >= 11 is 0. The van der Waals surface area contributed by atoms with E-state index in [1.807, 2.05) is 30.5 Å². The Bertz CT molecular complexity index is 575. The molecule has 1 aliphatic carbocycles. The number of aromatic nitrogens is 2. The van der Waals surface area contributed by atoms with E-state index in [1.54, 1.807) is 0 Å². The first-order valence-electron chi connectivity index (χ1n) is 7.47. The average Bonchev–Trinajstić information content (AvgIpc) is 2.54. The van der Waals surface area contributed by atoms with Gasteiger partial charge in [-0.25, -0.2) is 9.97 Å². The molecule has 1 fully saturated rings. The lowest BCUT2D eigenvalue weighted by atomic mass is 9.74. The molecule has 0 spiro atoms. The number of nitrogens with two attached hydrogens (primary N) is 1. The molecule has 0 atom stereocenters. The summed E-state index contributed by atoms with van der Waals surface area (Å²) in [6.45, 7) is 1.62. The summed E-state index contributed by atoms with van der Waals surface area (Å²) in [5, 5.41) is 4.47. The molecule has 0 bridgehead atoms. The number of fused-ring (bicyclic) bond motifs is 1. The monoisotopic (exact) mass is 270 g/mol. The fraction of sp³-hybridized carbons (Fsp3) is 0.500. The highest BCUT2D eigenvalue weighted by Gasteiger charge is 2.30. The Hall–Kier alpha value is -1.68. The molecule has 1 aromatic heterocycles. The van der Waals surface area contributed by atoms with Crippen molar-refractivity contribution in [3.63, 3.8) is 0 Å². The van der Waals surface area contributed by atoms with E-state index in [0.29, 0.717) is 5.95 Å². The Morgan fingerprint density at radius 3 is 2.75 bits per heavy atom. The van der Waals surface area contributed by atoms with E-state index in [9.17, 15) is 0 Å². The number of nitrogens with one attached hydrogen (secondary N) is 1. The van der Waals surface area contributed by atoms with Gasteiger partial charge >= 0.3 is 0 Å². The molecular weight excluding hydrogens is 248 g/mol. The summed E-state index contributed by atoms with van der Waals surface area (Å²) in [5.74, 6) is 0.710. The smallest absolute Gasteiger partial charge is 0.223 e. The second-order valence-corrected chi connectivity index (χ2v) is 5.87. The van der Waals surface area contributed by atoms with Crippen LogP contribution in [0.1, 0.15) is 32.1 Å². The van der Waals surface area contributed by atoms with Crippen LogP contribution in [0.5, 0.6) is 0 Å². The van der Waals surface area contributed by atoms with Crippen LogP contribution in [0.25, 0.3) is 10.9 Å². The zero-order valence-corrected chi connectivity index (χ0v) is 11.8. The van der Waals surface area contributed by atoms with Crippen LogP contribution in [0.4, 0.5) is 5.95 Å². The van der Waals surface area contributed by atoms with Crippen molar-refractivity contribution in [1.82, 2.24) is 9.97 Å². The third-order valence-electron chi connectivity index (χ3n) is 4.46. The Balaban J connectivity index is 1.72. The lowest BCUT2D eigenvalue weighted by Crippen LogP contribution is -2.39. The number of para-hydroxylation sites is 1. The maximum absolute atomic E-state index is 6.01. The molecule has 0 unspecified atom stereocenters. The summed E-state index contributed by atoms with van der Waals surface area (Å²) in [6, 6.07) is 8.05. The van der Waals surface area contributed by atoms with E-state index >= 15 is 0 Å². The second kappa shape index (κ2) is 5.75. The summed E-state index contributed by atoms with van der Waals surface area (Å²) in [4.78, 5) is 8.96. The van der Waals surface area contributed by atoms with Gasteiger partial charge in [-0.15, -0.1) is 0 Å². The molecule has 4 nitrogen and oxygen atoms in total.